The number of nitrogens with zero attached hydrogens (tertiary/aromatic N) is 1. The third-order valence-corrected chi connectivity index (χ3v) is 5.81. The number of benzene rings is 2. The van der Waals surface area contributed by atoms with Crippen molar-refractivity contribution in [1.82, 2.24) is 10.0 Å². The van der Waals surface area contributed by atoms with Gasteiger partial charge in [-0.3, -0.25) is 14.8 Å². The molecule has 0 spiro atoms. The lowest BCUT2D eigenvalue weighted by molar-refractivity contribution is 0.0706. The van der Waals surface area contributed by atoms with Crippen LogP contribution in [0.25, 0.3) is 21.7 Å². The van der Waals surface area contributed by atoms with E-state index in [1.54, 1.807) is 41.9 Å². The zero-order valence-electron chi connectivity index (χ0n) is 16.2. The first-order chi connectivity index (χ1) is 15.0. The van der Waals surface area contributed by atoms with Crippen LogP contribution < -0.4 is 11.2 Å². The Balaban J connectivity index is 1.84. The fourth-order valence-corrected chi connectivity index (χ4v) is 4.22. The van der Waals surface area contributed by atoms with Crippen molar-refractivity contribution < 1.29 is 19.2 Å². The van der Waals surface area contributed by atoms with Crippen molar-refractivity contribution in [3.8, 4) is 21.7 Å². The third-order valence-electron chi connectivity index (χ3n) is 4.92. The summed E-state index contributed by atoms with van der Waals surface area (Å²) in [5.74, 6) is -1.57. The van der Waals surface area contributed by atoms with Gasteiger partial charge < -0.3 is 10.3 Å². The molecule has 2 heterocycles. The van der Waals surface area contributed by atoms with E-state index in [2.05, 4.69) is 0 Å². The molecule has 31 heavy (non-hydrogen) atoms. The van der Waals surface area contributed by atoms with Gasteiger partial charge in [0.2, 0.25) is 0 Å². The van der Waals surface area contributed by atoms with E-state index in [1.807, 2.05) is 28.1 Å². The van der Waals surface area contributed by atoms with Crippen LogP contribution in [-0.2, 0) is 6.54 Å². The lowest BCUT2D eigenvalue weighted by atomic mass is 10.1. The molecule has 0 fully saturated rings. The molecule has 4 rings (SSSR count). The third kappa shape index (κ3) is 4.11. The molecule has 0 aliphatic carbocycles. The van der Waals surface area contributed by atoms with Crippen LogP contribution in [0.4, 0.5) is 4.39 Å². The Bertz CT molecular complexity index is 1230. The number of halogens is 1. The molecule has 8 heteroatoms. The molecule has 156 valence electrons. The van der Waals surface area contributed by atoms with Crippen LogP contribution in [0.5, 0.6) is 0 Å². The predicted octanol–water partition coefficient (Wildman–Crippen LogP) is 4.29. The summed E-state index contributed by atoms with van der Waals surface area (Å²) in [6, 6.07) is 18.3. The smallest absolute Gasteiger partial charge is 0.274 e. The van der Waals surface area contributed by atoms with Crippen LogP contribution in [0.2, 0.25) is 0 Å². The van der Waals surface area contributed by atoms with E-state index in [4.69, 9.17) is 10.9 Å². The largest absolute Gasteiger partial charge is 0.364 e. The minimum Gasteiger partial charge on any atom is -0.364 e. The van der Waals surface area contributed by atoms with Gasteiger partial charge in [0, 0.05) is 17.7 Å². The van der Waals surface area contributed by atoms with Crippen LogP contribution >= 0.6 is 11.3 Å². The van der Waals surface area contributed by atoms with Crippen molar-refractivity contribution in [2.75, 3.05) is 0 Å². The summed E-state index contributed by atoms with van der Waals surface area (Å²) < 4.78 is 15.3. The summed E-state index contributed by atoms with van der Waals surface area (Å²) >= 11 is 1.53. The molecule has 6 nitrogen and oxygen atoms in total. The molecule has 0 saturated heterocycles. The molecule has 0 aliphatic rings. The Kier molecular flexibility index (Phi) is 5.66. The number of hydroxylamine groups is 1. The number of rotatable bonds is 6. The molecule has 0 atom stereocenters. The Hall–Kier alpha value is -3.75. The highest BCUT2D eigenvalue weighted by atomic mass is 32.1. The first-order valence-electron chi connectivity index (χ1n) is 9.34. The summed E-state index contributed by atoms with van der Waals surface area (Å²) in [7, 11) is 0. The summed E-state index contributed by atoms with van der Waals surface area (Å²) in [5.41, 5.74) is 10.9. The van der Waals surface area contributed by atoms with Crippen LogP contribution in [0.1, 0.15) is 26.4 Å². The maximum Gasteiger partial charge on any atom is 0.274 e. The molecule has 0 unspecified atom stereocenters. The number of aromatic nitrogens is 1. The normalized spacial score (nSPS) is 10.8. The van der Waals surface area contributed by atoms with E-state index < -0.39 is 11.8 Å². The first kappa shape index (κ1) is 20.5. The van der Waals surface area contributed by atoms with Crippen LogP contribution in [-0.4, -0.2) is 21.6 Å². The van der Waals surface area contributed by atoms with Gasteiger partial charge in [-0.05, 0) is 52.9 Å². The second-order valence-corrected chi connectivity index (χ2v) is 7.81. The lowest BCUT2D eigenvalue weighted by Crippen LogP contribution is -2.19. The van der Waals surface area contributed by atoms with Gasteiger partial charge in [-0.1, -0.05) is 30.3 Å². The van der Waals surface area contributed by atoms with Crippen molar-refractivity contribution in [3.05, 3.63) is 94.7 Å². The van der Waals surface area contributed by atoms with Gasteiger partial charge in [0.05, 0.1) is 10.6 Å². The maximum atomic E-state index is 13.4. The van der Waals surface area contributed by atoms with Crippen LogP contribution in [0.15, 0.2) is 72.1 Å². The molecule has 2 amide bonds. The highest BCUT2D eigenvalue weighted by Gasteiger charge is 2.22. The van der Waals surface area contributed by atoms with E-state index in [9.17, 15) is 14.0 Å². The van der Waals surface area contributed by atoms with Crippen molar-refractivity contribution in [3.63, 3.8) is 0 Å². The van der Waals surface area contributed by atoms with Gasteiger partial charge in [-0.25, -0.2) is 9.87 Å². The van der Waals surface area contributed by atoms with E-state index in [1.165, 1.54) is 23.5 Å². The standard InChI is InChI=1S/C23H18FN3O3S/c24-17-9-7-15(8-10-17)18-12-19(20-2-1-11-31-20)27(21(18)22(25)28)13-14-3-5-16(6-4-14)23(29)26-30/h1-12,30H,13H2,(H2,25,28)(H,26,29). The zero-order chi connectivity index (χ0) is 22.0. The Labute approximate surface area is 181 Å². The number of carbonyl (C=O) groups excluding carboxylic acids is 2. The Morgan fingerprint density at radius 1 is 1.06 bits per heavy atom. The quantitative estimate of drug-likeness (QED) is 0.311. The van der Waals surface area contributed by atoms with Crippen molar-refractivity contribution >= 4 is 23.2 Å². The van der Waals surface area contributed by atoms with E-state index >= 15 is 0 Å². The number of primary amides is 1. The molecule has 0 bridgehead atoms. The van der Waals surface area contributed by atoms with Gasteiger partial charge in [0.25, 0.3) is 11.8 Å². The molecule has 4 N–H and O–H groups in total. The van der Waals surface area contributed by atoms with E-state index in [0.717, 1.165) is 16.1 Å². The monoisotopic (exact) mass is 435 g/mol. The lowest BCUT2D eigenvalue weighted by Gasteiger charge is -2.13. The van der Waals surface area contributed by atoms with Crippen molar-refractivity contribution in [2.24, 2.45) is 5.73 Å². The van der Waals surface area contributed by atoms with Crippen molar-refractivity contribution in [2.45, 2.75) is 6.54 Å². The fraction of sp³-hybridized carbons (Fsp3) is 0.0435. The number of nitrogens with one attached hydrogen (secondary N) is 1. The van der Waals surface area contributed by atoms with Gasteiger partial charge in [-0.2, -0.15) is 0 Å². The summed E-state index contributed by atoms with van der Waals surface area (Å²) in [6.07, 6.45) is 0. The van der Waals surface area contributed by atoms with E-state index in [0.29, 0.717) is 28.9 Å². The van der Waals surface area contributed by atoms with Gasteiger partial charge in [-0.15, -0.1) is 11.3 Å². The molecular formula is C23H18FN3O3S. The average Bonchev–Trinajstić information content (AvgIpc) is 3.42. The molecule has 4 aromatic rings. The minimum atomic E-state index is -0.608. The van der Waals surface area contributed by atoms with Crippen LogP contribution in [0, 0.1) is 5.82 Å². The highest BCUT2D eigenvalue weighted by molar-refractivity contribution is 7.13. The second-order valence-electron chi connectivity index (χ2n) is 6.86. The minimum absolute atomic E-state index is 0.305. The molecule has 0 saturated carbocycles. The number of hydrogen-bond acceptors (Lipinski definition) is 4. The number of hydrogen-bond donors (Lipinski definition) is 3. The molecule has 2 aromatic carbocycles. The number of amides is 2. The Morgan fingerprint density at radius 2 is 1.77 bits per heavy atom. The van der Waals surface area contributed by atoms with Gasteiger partial charge in [0.15, 0.2) is 0 Å². The van der Waals surface area contributed by atoms with Gasteiger partial charge >= 0.3 is 0 Å². The van der Waals surface area contributed by atoms with Gasteiger partial charge in [0.1, 0.15) is 11.5 Å². The molecule has 0 radical (unpaired) electrons. The Morgan fingerprint density at radius 3 is 2.35 bits per heavy atom. The first-order valence-corrected chi connectivity index (χ1v) is 10.2. The number of thiophene rings is 1. The fourth-order valence-electron chi connectivity index (χ4n) is 3.47. The summed E-state index contributed by atoms with van der Waals surface area (Å²) in [6.45, 7) is 0.327. The summed E-state index contributed by atoms with van der Waals surface area (Å²) in [5, 5.41) is 10.7. The maximum absolute atomic E-state index is 13.4. The second kappa shape index (κ2) is 8.55. The average molecular weight is 435 g/mol. The zero-order valence-corrected chi connectivity index (χ0v) is 17.0. The summed E-state index contributed by atoms with van der Waals surface area (Å²) in [4.78, 5) is 25.0. The molecule has 2 aromatic heterocycles. The SMILES string of the molecule is NC(=O)c1c(-c2ccc(F)cc2)cc(-c2cccs2)n1Cc1ccc(C(=O)NO)cc1. The van der Waals surface area contributed by atoms with Crippen molar-refractivity contribution in [1.29, 1.82) is 0 Å². The van der Waals surface area contributed by atoms with E-state index in [-0.39, 0.29) is 5.82 Å². The number of nitrogens with two attached hydrogens (primary N) is 1. The predicted molar refractivity (Wildman–Crippen MR) is 116 cm³/mol. The molecule has 0 aliphatic heterocycles. The topological polar surface area (TPSA) is 97.4 Å². The van der Waals surface area contributed by atoms with Crippen LogP contribution in [0.3, 0.4) is 0 Å². The molecular weight excluding hydrogens is 417 g/mol. The highest BCUT2D eigenvalue weighted by Crippen LogP contribution is 2.35. The number of carbonyl (C=O) groups is 2.